The first-order valence-corrected chi connectivity index (χ1v) is 14.9. The SMILES string of the molecule is [2H]c1c([2H])c([2H])c(-c2ccc3ccc4c(-c5cccc(N6c7ccccc7C7Oc8ccccc8C76)c5)ccc5ccc2c3c54)c([2H])c1[2H]. The number of nitrogens with zero attached hydrogens (tertiary/aromatic N) is 1. The smallest absolute Gasteiger partial charge is 0.151 e. The van der Waals surface area contributed by atoms with Crippen molar-refractivity contribution in [3.63, 3.8) is 0 Å². The minimum Gasteiger partial charge on any atom is -0.483 e. The second kappa shape index (κ2) is 8.95. The number of rotatable bonds is 3. The fourth-order valence-electron chi connectivity index (χ4n) is 7.58. The van der Waals surface area contributed by atoms with Gasteiger partial charge in [0.15, 0.2) is 6.10 Å². The van der Waals surface area contributed by atoms with E-state index in [4.69, 9.17) is 11.6 Å². The average Bonchev–Trinajstić information content (AvgIpc) is 3.67. The summed E-state index contributed by atoms with van der Waals surface area (Å²) in [4.78, 5) is 2.41. The molecule has 8 aromatic carbocycles. The van der Waals surface area contributed by atoms with E-state index >= 15 is 0 Å². The summed E-state index contributed by atoms with van der Waals surface area (Å²) in [6, 6.07) is 40.8. The zero-order chi connectivity index (χ0) is 33.1. The quantitative estimate of drug-likeness (QED) is 0.197. The summed E-state index contributed by atoms with van der Waals surface area (Å²) in [7, 11) is 0. The third kappa shape index (κ3) is 3.25. The van der Waals surface area contributed by atoms with Crippen LogP contribution in [0.3, 0.4) is 0 Å². The molecule has 2 unspecified atom stereocenters. The van der Waals surface area contributed by atoms with Crippen molar-refractivity contribution in [2.75, 3.05) is 4.90 Å². The number of anilines is 2. The van der Waals surface area contributed by atoms with Crippen LogP contribution in [0.4, 0.5) is 11.4 Å². The van der Waals surface area contributed by atoms with E-state index in [1.165, 1.54) is 11.1 Å². The molecule has 0 spiro atoms. The lowest BCUT2D eigenvalue weighted by atomic mass is 9.87. The van der Waals surface area contributed by atoms with Gasteiger partial charge in [-0.3, -0.25) is 0 Å². The molecular weight excluding hydrogens is 534 g/mol. The van der Waals surface area contributed by atoms with Crippen LogP contribution in [0, 0.1) is 0 Å². The lowest BCUT2D eigenvalue weighted by molar-refractivity contribution is 0.223. The fourth-order valence-corrected chi connectivity index (χ4v) is 7.58. The highest BCUT2D eigenvalue weighted by molar-refractivity contribution is 6.27. The first kappa shape index (κ1) is 19.6. The maximum atomic E-state index is 8.69. The van der Waals surface area contributed by atoms with Crippen LogP contribution in [0.2, 0.25) is 0 Å². The molecule has 2 heterocycles. The van der Waals surface area contributed by atoms with Crippen LogP contribution in [0.25, 0.3) is 54.6 Å². The largest absolute Gasteiger partial charge is 0.483 e. The van der Waals surface area contributed by atoms with Crippen molar-refractivity contribution in [3.8, 4) is 28.0 Å². The number of ether oxygens (including phenoxy) is 1. The van der Waals surface area contributed by atoms with Gasteiger partial charge in [-0.15, -0.1) is 0 Å². The van der Waals surface area contributed by atoms with Gasteiger partial charge in [-0.25, -0.2) is 0 Å². The highest BCUT2D eigenvalue weighted by Gasteiger charge is 2.47. The molecule has 0 aliphatic carbocycles. The summed E-state index contributed by atoms with van der Waals surface area (Å²) in [5.41, 5.74) is 7.66. The van der Waals surface area contributed by atoms with Crippen molar-refractivity contribution in [2.24, 2.45) is 0 Å². The predicted octanol–water partition coefficient (Wildman–Crippen LogP) is 11.2. The maximum absolute atomic E-state index is 8.69. The molecule has 44 heavy (non-hydrogen) atoms. The van der Waals surface area contributed by atoms with E-state index in [0.717, 1.165) is 60.6 Å². The number of fused-ring (bicyclic) bond motifs is 5. The molecule has 0 aromatic heterocycles. The molecule has 0 fully saturated rings. The Morgan fingerprint density at radius 3 is 2.00 bits per heavy atom. The van der Waals surface area contributed by atoms with Gasteiger partial charge < -0.3 is 9.64 Å². The van der Waals surface area contributed by atoms with Crippen LogP contribution in [-0.4, -0.2) is 0 Å². The Morgan fingerprint density at radius 1 is 0.568 bits per heavy atom. The third-order valence-electron chi connectivity index (χ3n) is 9.43. The van der Waals surface area contributed by atoms with Crippen molar-refractivity contribution < 1.29 is 11.6 Å². The van der Waals surface area contributed by atoms with E-state index in [9.17, 15) is 0 Å². The second-order valence-electron chi connectivity index (χ2n) is 11.6. The molecule has 8 aromatic rings. The topological polar surface area (TPSA) is 12.5 Å². The van der Waals surface area contributed by atoms with Crippen molar-refractivity contribution in [1.29, 1.82) is 0 Å². The lowest BCUT2D eigenvalue weighted by Crippen LogP contribution is -2.20. The minimum absolute atomic E-state index is 0.0325. The van der Waals surface area contributed by atoms with Gasteiger partial charge in [0.1, 0.15) is 11.8 Å². The summed E-state index contributed by atoms with van der Waals surface area (Å²) in [6.07, 6.45) is -0.0796. The van der Waals surface area contributed by atoms with Crippen LogP contribution < -0.4 is 9.64 Å². The van der Waals surface area contributed by atoms with Crippen LogP contribution in [0.5, 0.6) is 5.75 Å². The molecule has 206 valence electrons. The molecule has 10 rings (SSSR count). The van der Waals surface area contributed by atoms with Gasteiger partial charge in [0.05, 0.1) is 6.85 Å². The molecule has 0 N–H and O–H groups in total. The van der Waals surface area contributed by atoms with E-state index in [1.54, 1.807) is 0 Å². The van der Waals surface area contributed by atoms with Crippen LogP contribution in [0.15, 0.2) is 152 Å². The summed E-state index contributed by atoms with van der Waals surface area (Å²) in [5, 5.41) is 6.20. The average molecular weight is 567 g/mol. The van der Waals surface area contributed by atoms with Gasteiger partial charge in [0.25, 0.3) is 0 Å². The Hall–Kier alpha value is -5.60. The summed E-state index contributed by atoms with van der Waals surface area (Å²) in [6.45, 7) is 0. The van der Waals surface area contributed by atoms with Crippen LogP contribution in [-0.2, 0) is 0 Å². The first-order valence-electron chi connectivity index (χ1n) is 17.4. The van der Waals surface area contributed by atoms with E-state index in [0.29, 0.717) is 5.56 Å². The number of para-hydroxylation sites is 2. The van der Waals surface area contributed by atoms with Crippen molar-refractivity contribution in [1.82, 2.24) is 0 Å². The Labute approximate surface area is 262 Å². The molecule has 0 radical (unpaired) electrons. The zero-order valence-electron chi connectivity index (χ0n) is 28.6. The fraction of sp³-hybridized carbons (Fsp3) is 0.0476. The molecular formula is C42H27NO. The number of benzene rings is 8. The van der Waals surface area contributed by atoms with E-state index in [-0.39, 0.29) is 47.9 Å². The van der Waals surface area contributed by atoms with Crippen molar-refractivity contribution >= 4 is 43.7 Å². The predicted molar refractivity (Wildman–Crippen MR) is 182 cm³/mol. The normalized spacial score (nSPS) is 18.4. The molecule has 0 amide bonds. The maximum Gasteiger partial charge on any atom is 0.151 e. The van der Waals surface area contributed by atoms with Gasteiger partial charge in [-0.1, -0.05) is 127 Å². The van der Waals surface area contributed by atoms with E-state index < -0.39 is 0 Å². The summed E-state index contributed by atoms with van der Waals surface area (Å²) < 4.78 is 48.6. The summed E-state index contributed by atoms with van der Waals surface area (Å²) in [5.74, 6) is 0.933. The Morgan fingerprint density at radius 2 is 1.23 bits per heavy atom. The minimum atomic E-state index is -0.388. The molecule has 2 aliphatic rings. The lowest BCUT2D eigenvalue weighted by Gasteiger charge is -2.27. The number of hydrogen-bond acceptors (Lipinski definition) is 2. The van der Waals surface area contributed by atoms with Crippen LogP contribution >= 0.6 is 0 Å². The van der Waals surface area contributed by atoms with E-state index in [2.05, 4.69) is 102 Å². The highest BCUT2D eigenvalue weighted by atomic mass is 16.5. The van der Waals surface area contributed by atoms with Crippen LogP contribution in [0.1, 0.15) is 30.1 Å². The van der Waals surface area contributed by atoms with Crippen molar-refractivity contribution in [2.45, 2.75) is 12.1 Å². The molecule has 0 saturated heterocycles. The molecule has 2 heteroatoms. The highest BCUT2D eigenvalue weighted by Crippen LogP contribution is 2.58. The Balaban J connectivity index is 1.17. The second-order valence-corrected chi connectivity index (χ2v) is 11.6. The van der Waals surface area contributed by atoms with Gasteiger partial charge in [0, 0.05) is 22.5 Å². The molecule has 2 atom stereocenters. The Kier molecular flexibility index (Phi) is 3.98. The Bertz CT molecular complexity index is 2660. The molecule has 2 aliphatic heterocycles. The molecule has 2 nitrogen and oxygen atoms in total. The zero-order valence-corrected chi connectivity index (χ0v) is 23.6. The van der Waals surface area contributed by atoms with Gasteiger partial charge in [-0.2, -0.15) is 0 Å². The number of hydrogen-bond donors (Lipinski definition) is 0. The standard InChI is InChI=1S/C42H27NO/c1-2-9-26(10-3-1)31-21-17-27-20-24-34-32(22-18-28-19-23-33(31)39(27)40(28)34)29-11-8-12-30(25-29)43-37-15-6-4-13-35(37)42-41(43)36-14-5-7-16-38(36)44-42/h1-25,41-42H/i1D,2D,3D,9D,10D. The van der Waals surface area contributed by atoms with Gasteiger partial charge >= 0.3 is 0 Å². The molecule has 0 bridgehead atoms. The monoisotopic (exact) mass is 566 g/mol. The first-order chi connectivity index (χ1) is 23.9. The molecule has 0 saturated carbocycles. The van der Waals surface area contributed by atoms with Crippen molar-refractivity contribution in [3.05, 3.63) is 163 Å². The summed E-state index contributed by atoms with van der Waals surface area (Å²) >= 11 is 0. The van der Waals surface area contributed by atoms with Gasteiger partial charge in [0.2, 0.25) is 0 Å². The van der Waals surface area contributed by atoms with Gasteiger partial charge in [-0.05, 0) is 78.8 Å². The van der Waals surface area contributed by atoms with E-state index in [1.807, 2.05) is 24.3 Å². The third-order valence-corrected chi connectivity index (χ3v) is 9.43.